The molecule has 0 radical (unpaired) electrons. The molecule has 0 aromatic carbocycles. The minimum Gasteiger partial charge on any atom is -0.378 e. The Hall–Kier alpha value is -1.65. The van der Waals surface area contributed by atoms with Crippen molar-refractivity contribution in [2.24, 2.45) is 11.8 Å². The van der Waals surface area contributed by atoms with Crippen LogP contribution in [0.4, 0.5) is 0 Å². The van der Waals surface area contributed by atoms with Gasteiger partial charge in [-0.25, -0.2) is 0 Å². The molecule has 2 fully saturated rings. The highest BCUT2D eigenvalue weighted by Gasteiger charge is 2.32. The molecule has 1 atom stereocenters. The molecule has 0 aliphatic carbocycles. The maximum atomic E-state index is 12.5. The fourth-order valence-electron chi connectivity index (χ4n) is 3.21. The van der Waals surface area contributed by atoms with E-state index in [0.29, 0.717) is 26.3 Å². The maximum absolute atomic E-state index is 12.5. The van der Waals surface area contributed by atoms with Gasteiger partial charge < -0.3 is 15.0 Å². The molecule has 1 N–H and O–H groups in total. The molecule has 0 aromatic heterocycles. The first kappa shape index (κ1) is 19.7. The summed E-state index contributed by atoms with van der Waals surface area (Å²) < 4.78 is 5.29. The van der Waals surface area contributed by atoms with Crippen molar-refractivity contribution in [1.29, 1.82) is 5.26 Å². The summed E-state index contributed by atoms with van der Waals surface area (Å²) in [5, 5.41) is 12.1. The number of amides is 2. The highest BCUT2D eigenvalue weighted by Crippen LogP contribution is 2.20. The predicted molar refractivity (Wildman–Crippen MR) is 93.6 cm³/mol. The summed E-state index contributed by atoms with van der Waals surface area (Å²) in [5.41, 5.74) is -0.846. The summed E-state index contributed by atoms with van der Waals surface area (Å²) in [6, 6.07) is 2.19. The minimum atomic E-state index is -0.846. The van der Waals surface area contributed by atoms with E-state index in [4.69, 9.17) is 4.74 Å². The topological polar surface area (TPSA) is 85.7 Å². The molecule has 2 heterocycles. The molecule has 0 aromatic rings. The lowest BCUT2D eigenvalue weighted by atomic mass is 9.90. The van der Waals surface area contributed by atoms with Crippen molar-refractivity contribution >= 4 is 11.8 Å². The molecule has 0 saturated carbocycles. The van der Waals surface area contributed by atoms with Gasteiger partial charge in [0.15, 0.2) is 0 Å². The molecular formula is C18H30N4O3. The number of carbonyl (C=O) groups excluding carboxylic acids is 2. The third-order valence-corrected chi connectivity index (χ3v) is 5.41. The molecule has 7 heteroatoms. The van der Waals surface area contributed by atoms with Crippen LogP contribution >= 0.6 is 0 Å². The zero-order chi connectivity index (χ0) is 18.4. The molecule has 2 aliphatic heterocycles. The van der Waals surface area contributed by atoms with Crippen LogP contribution in [0.1, 0.15) is 33.6 Å². The van der Waals surface area contributed by atoms with Crippen molar-refractivity contribution in [2.75, 3.05) is 45.9 Å². The quantitative estimate of drug-likeness (QED) is 0.785. The largest absolute Gasteiger partial charge is 0.378 e. The molecule has 0 spiro atoms. The van der Waals surface area contributed by atoms with Crippen molar-refractivity contribution in [3.63, 3.8) is 0 Å². The van der Waals surface area contributed by atoms with Crippen LogP contribution < -0.4 is 5.32 Å². The Morgan fingerprint density at radius 3 is 2.36 bits per heavy atom. The van der Waals surface area contributed by atoms with E-state index in [9.17, 15) is 14.9 Å². The number of ether oxygens (including phenoxy) is 1. The van der Waals surface area contributed by atoms with Crippen LogP contribution in [0.25, 0.3) is 0 Å². The number of hydrogen-bond acceptors (Lipinski definition) is 5. The van der Waals surface area contributed by atoms with Crippen LogP contribution in [0.3, 0.4) is 0 Å². The molecular weight excluding hydrogens is 320 g/mol. The zero-order valence-electron chi connectivity index (χ0n) is 15.6. The fourth-order valence-corrected chi connectivity index (χ4v) is 3.21. The Labute approximate surface area is 150 Å². The second kappa shape index (κ2) is 8.63. The highest BCUT2D eigenvalue weighted by molar-refractivity contribution is 5.80. The predicted octanol–water partition coefficient (Wildman–Crippen LogP) is 0.612. The van der Waals surface area contributed by atoms with Crippen molar-refractivity contribution in [3.05, 3.63) is 0 Å². The highest BCUT2D eigenvalue weighted by atomic mass is 16.5. The summed E-state index contributed by atoms with van der Waals surface area (Å²) in [6.07, 6.45) is 1.56. The van der Waals surface area contributed by atoms with Crippen LogP contribution in [0.15, 0.2) is 0 Å². The van der Waals surface area contributed by atoms with Gasteiger partial charge in [0.05, 0.1) is 25.8 Å². The Bertz CT molecular complexity index is 517. The van der Waals surface area contributed by atoms with E-state index >= 15 is 0 Å². The minimum absolute atomic E-state index is 0.0401. The lowest BCUT2D eigenvalue weighted by Crippen LogP contribution is -2.53. The molecule has 25 heavy (non-hydrogen) atoms. The smallest absolute Gasteiger partial charge is 0.235 e. The standard InChI is InChI=1S/C18H30N4O3/c1-14(2)18(3,13-19)20-16(23)12-21-6-4-15(5-7-21)17(24)22-8-10-25-11-9-22/h14-15H,4-12H2,1-3H3,(H,20,23). The summed E-state index contributed by atoms with van der Waals surface area (Å²) in [7, 11) is 0. The Morgan fingerprint density at radius 1 is 1.24 bits per heavy atom. The van der Waals surface area contributed by atoms with Gasteiger partial charge in [0.1, 0.15) is 5.54 Å². The molecule has 1 unspecified atom stereocenters. The number of morpholine rings is 1. The number of nitrogens with one attached hydrogen (secondary N) is 1. The summed E-state index contributed by atoms with van der Waals surface area (Å²) in [4.78, 5) is 28.7. The number of nitriles is 1. The summed E-state index contributed by atoms with van der Waals surface area (Å²) in [5.74, 6) is 0.191. The number of hydrogen-bond donors (Lipinski definition) is 1. The molecule has 2 saturated heterocycles. The van der Waals surface area contributed by atoms with E-state index in [1.54, 1.807) is 6.92 Å². The normalized spacial score (nSPS) is 22.3. The molecule has 140 valence electrons. The molecule has 2 aliphatic rings. The van der Waals surface area contributed by atoms with Crippen LogP contribution in [0, 0.1) is 23.2 Å². The third-order valence-electron chi connectivity index (χ3n) is 5.41. The van der Waals surface area contributed by atoms with E-state index in [-0.39, 0.29) is 30.2 Å². The number of nitrogens with zero attached hydrogens (tertiary/aromatic N) is 3. The monoisotopic (exact) mass is 350 g/mol. The van der Waals surface area contributed by atoms with Crippen LogP contribution in [-0.2, 0) is 14.3 Å². The van der Waals surface area contributed by atoms with Crippen LogP contribution in [0.2, 0.25) is 0 Å². The van der Waals surface area contributed by atoms with Gasteiger partial charge in [0, 0.05) is 19.0 Å². The van der Waals surface area contributed by atoms with Crippen molar-refractivity contribution < 1.29 is 14.3 Å². The first-order valence-electron chi connectivity index (χ1n) is 9.17. The number of rotatable bonds is 5. The number of likely N-dealkylation sites (tertiary alicyclic amines) is 1. The third kappa shape index (κ3) is 5.16. The van der Waals surface area contributed by atoms with Gasteiger partial charge in [0.2, 0.25) is 11.8 Å². The SMILES string of the molecule is CC(C)C(C)(C#N)NC(=O)CN1CCC(C(=O)N2CCOCC2)CC1. The van der Waals surface area contributed by atoms with Crippen molar-refractivity contribution in [2.45, 2.75) is 39.2 Å². The Balaban J connectivity index is 1.77. The van der Waals surface area contributed by atoms with E-state index in [2.05, 4.69) is 16.3 Å². The number of carbonyl (C=O) groups is 2. The van der Waals surface area contributed by atoms with Gasteiger partial charge in [0.25, 0.3) is 0 Å². The fraction of sp³-hybridized carbons (Fsp3) is 0.833. The van der Waals surface area contributed by atoms with Crippen LogP contribution in [-0.4, -0.2) is 73.1 Å². The molecule has 2 amide bonds. The van der Waals surface area contributed by atoms with Gasteiger partial charge in [-0.1, -0.05) is 13.8 Å². The summed E-state index contributed by atoms with van der Waals surface area (Å²) in [6.45, 7) is 9.96. The average Bonchev–Trinajstić information content (AvgIpc) is 2.62. The van der Waals surface area contributed by atoms with Gasteiger partial charge in [-0.05, 0) is 38.8 Å². The molecule has 0 bridgehead atoms. The second-order valence-electron chi connectivity index (χ2n) is 7.51. The Kier molecular flexibility index (Phi) is 6.79. The first-order valence-corrected chi connectivity index (χ1v) is 9.17. The van der Waals surface area contributed by atoms with Gasteiger partial charge in [-0.15, -0.1) is 0 Å². The lowest BCUT2D eigenvalue weighted by Gasteiger charge is -2.35. The van der Waals surface area contributed by atoms with E-state index < -0.39 is 5.54 Å². The van der Waals surface area contributed by atoms with E-state index in [1.165, 1.54) is 0 Å². The molecule has 7 nitrogen and oxygen atoms in total. The average molecular weight is 350 g/mol. The lowest BCUT2D eigenvalue weighted by molar-refractivity contribution is -0.141. The second-order valence-corrected chi connectivity index (χ2v) is 7.51. The first-order chi connectivity index (χ1) is 11.9. The van der Waals surface area contributed by atoms with Crippen molar-refractivity contribution in [1.82, 2.24) is 15.1 Å². The van der Waals surface area contributed by atoms with E-state index in [1.807, 2.05) is 18.7 Å². The zero-order valence-corrected chi connectivity index (χ0v) is 15.6. The van der Waals surface area contributed by atoms with Gasteiger partial charge >= 0.3 is 0 Å². The summed E-state index contributed by atoms with van der Waals surface area (Å²) >= 11 is 0. The Morgan fingerprint density at radius 2 is 1.84 bits per heavy atom. The number of piperidine rings is 1. The molecule has 2 rings (SSSR count). The van der Waals surface area contributed by atoms with E-state index in [0.717, 1.165) is 25.9 Å². The maximum Gasteiger partial charge on any atom is 0.235 e. The van der Waals surface area contributed by atoms with Crippen molar-refractivity contribution in [3.8, 4) is 6.07 Å². The van der Waals surface area contributed by atoms with Crippen LogP contribution in [0.5, 0.6) is 0 Å². The van der Waals surface area contributed by atoms with Gasteiger partial charge in [-0.3, -0.25) is 14.5 Å². The van der Waals surface area contributed by atoms with Gasteiger partial charge in [-0.2, -0.15) is 5.26 Å².